The summed E-state index contributed by atoms with van der Waals surface area (Å²) in [5.74, 6) is -1.18. The second-order valence-corrected chi connectivity index (χ2v) is 10.1. The van der Waals surface area contributed by atoms with Crippen LogP contribution in [-0.4, -0.2) is 55.5 Å². The summed E-state index contributed by atoms with van der Waals surface area (Å²) in [5, 5.41) is 0.0750. The molecule has 0 bridgehead atoms. The number of halogens is 2. The van der Waals surface area contributed by atoms with Gasteiger partial charge in [0.15, 0.2) is 0 Å². The van der Waals surface area contributed by atoms with Crippen molar-refractivity contribution in [3.8, 4) is 0 Å². The van der Waals surface area contributed by atoms with Crippen LogP contribution in [0.3, 0.4) is 0 Å². The van der Waals surface area contributed by atoms with Crippen LogP contribution in [0.15, 0.2) is 18.2 Å². The number of sulfonamides is 1. The Bertz CT molecular complexity index is 775. The SMILES string of the molecule is CN([C@@H]1CCCN(C(=O)OC(C)(C)C)C1)S(=O)(=O)Cc1c(F)cccc1Cl. The molecule has 1 aromatic carbocycles. The summed E-state index contributed by atoms with van der Waals surface area (Å²) in [6.07, 6.45) is 0.805. The Morgan fingerprint density at radius 1 is 1.41 bits per heavy atom. The van der Waals surface area contributed by atoms with Crippen molar-refractivity contribution in [3.63, 3.8) is 0 Å². The number of benzene rings is 1. The van der Waals surface area contributed by atoms with Crippen LogP contribution in [0, 0.1) is 5.82 Å². The van der Waals surface area contributed by atoms with E-state index in [9.17, 15) is 17.6 Å². The number of carbonyl (C=O) groups is 1. The Morgan fingerprint density at radius 3 is 2.67 bits per heavy atom. The molecule has 1 heterocycles. The Balaban J connectivity index is 2.11. The molecule has 1 fully saturated rings. The van der Waals surface area contributed by atoms with Crippen molar-refractivity contribution < 1.29 is 22.3 Å². The van der Waals surface area contributed by atoms with Gasteiger partial charge in [0.05, 0.1) is 5.75 Å². The van der Waals surface area contributed by atoms with Crippen LogP contribution in [0.2, 0.25) is 5.02 Å². The maximum absolute atomic E-state index is 14.0. The highest BCUT2D eigenvalue weighted by molar-refractivity contribution is 7.88. The first-order valence-electron chi connectivity index (χ1n) is 8.77. The fourth-order valence-electron chi connectivity index (χ4n) is 2.93. The maximum atomic E-state index is 14.0. The molecule has 0 saturated carbocycles. The largest absolute Gasteiger partial charge is 0.444 e. The molecule has 0 unspecified atom stereocenters. The fraction of sp³-hybridized carbons (Fsp3) is 0.611. The summed E-state index contributed by atoms with van der Waals surface area (Å²) >= 11 is 5.96. The lowest BCUT2D eigenvalue weighted by Crippen LogP contribution is -2.51. The third-order valence-corrected chi connectivity index (χ3v) is 6.57. The molecule has 27 heavy (non-hydrogen) atoms. The van der Waals surface area contributed by atoms with Gasteiger partial charge in [-0.3, -0.25) is 0 Å². The van der Waals surface area contributed by atoms with E-state index in [1.165, 1.54) is 34.5 Å². The Hall–Kier alpha value is -1.38. The molecule has 0 aromatic heterocycles. The van der Waals surface area contributed by atoms with E-state index in [0.29, 0.717) is 19.4 Å². The molecule has 0 spiro atoms. The van der Waals surface area contributed by atoms with Crippen molar-refractivity contribution in [2.45, 2.75) is 51.0 Å². The van der Waals surface area contributed by atoms with Gasteiger partial charge in [0.2, 0.25) is 10.0 Å². The van der Waals surface area contributed by atoms with Crippen molar-refractivity contribution >= 4 is 27.7 Å². The molecule has 0 radical (unpaired) electrons. The van der Waals surface area contributed by atoms with Gasteiger partial charge in [-0.1, -0.05) is 17.7 Å². The van der Waals surface area contributed by atoms with Gasteiger partial charge in [-0.25, -0.2) is 17.6 Å². The number of likely N-dealkylation sites (tertiary alicyclic amines) is 1. The van der Waals surface area contributed by atoms with Crippen LogP contribution in [0.5, 0.6) is 0 Å². The Labute approximate surface area is 165 Å². The van der Waals surface area contributed by atoms with E-state index in [4.69, 9.17) is 16.3 Å². The van der Waals surface area contributed by atoms with Gasteiger partial charge in [0, 0.05) is 36.8 Å². The van der Waals surface area contributed by atoms with Crippen molar-refractivity contribution in [1.82, 2.24) is 9.21 Å². The first-order valence-corrected chi connectivity index (χ1v) is 10.8. The van der Waals surface area contributed by atoms with Gasteiger partial charge >= 0.3 is 6.09 Å². The zero-order valence-corrected chi connectivity index (χ0v) is 17.6. The number of amides is 1. The molecular formula is C18H26ClFN2O4S. The zero-order valence-electron chi connectivity index (χ0n) is 16.0. The average molecular weight is 421 g/mol. The van der Waals surface area contributed by atoms with E-state index in [1.807, 2.05) is 0 Å². The summed E-state index contributed by atoms with van der Waals surface area (Å²) in [7, 11) is -2.36. The summed E-state index contributed by atoms with van der Waals surface area (Å²) in [6, 6.07) is 3.67. The van der Waals surface area contributed by atoms with Crippen molar-refractivity contribution in [2.24, 2.45) is 0 Å². The molecule has 1 saturated heterocycles. The number of likely N-dealkylation sites (N-methyl/N-ethyl adjacent to an activating group) is 1. The summed E-state index contributed by atoms with van der Waals surface area (Å²) in [4.78, 5) is 13.8. The monoisotopic (exact) mass is 420 g/mol. The van der Waals surface area contributed by atoms with Crippen molar-refractivity contribution in [1.29, 1.82) is 0 Å². The topological polar surface area (TPSA) is 66.9 Å². The average Bonchev–Trinajstić information content (AvgIpc) is 2.56. The Kier molecular flexibility index (Phi) is 6.76. The number of nitrogens with zero attached hydrogens (tertiary/aromatic N) is 2. The normalized spacial score (nSPS) is 18.6. The van der Waals surface area contributed by atoms with Crippen molar-refractivity contribution in [3.05, 3.63) is 34.6 Å². The predicted octanol–water partition coefficient (Wildman–Crippen LogP) is 3.64. The highest BCUT2D eigenvalue weighted by atomic mass is 35.5. The van der Waals surface area contributed by atoms with Crippen LogP contribution >= 0.6 is 11.6 Å². The summed E-state index contributed by atoms with van der Waals surface area (Å²) < 4.78 is 46.1. The quantitative estimate of drug-likeness (QED) is 0.745. The van der Waals surface area contributed by atoms with E-state index < -0.39 is 39.3 Å². The molecule has 1 aliphatic rings. The van der Waals surface area contributed by atoms with Crippen LogP contribution in [0.1, 0.15) is 39.2 Å². The van der Waals surface area contributed by atoms with Gasteiger partial charge in [-0.15, -0.1) is 0 Å². The van der Waals surface area contributed by atoms with E-state index in [1.54, 1.807) is 20.8 Å². The minimum atomic E-state index is -3.81. The number of ether oxygens (including phenoxy) is 1. The fourth-order valence-corrected chi connectivity index (χ4v) is 4.72. The first-order chi connectivity index (χ1) is 12.4. The maximum Gasteiger partial charge on any atom is 0.410 e. The molecule has 2 rings (SSSR count). The second kappa shape index (κ2) is 8.32. The first kappa shape index (κ1) is 21.9. The van der Waals surface area contributed by atoms with Gasteiger partial charge in [-0.2, -0.15) is 4.31 Å². The number of hydrogen-bond acceptors (Lipinski definition) is 4. The zero-order chi connectivity index (χ0) is 20.4. The standard InChI is InChI=1S/C18H26ClFN2O4S/c1-18(2,3)26-17(23)22-10-6-7-13(11-22)21(4)27(24,25)12-14-15(19)8-5-9-16(14)20/h5,8-9,13H,6-7,10-12H2,1-4H3/t13-/m1/s1. The summed E-state index contributed by atoms with van der Waals surface area (Å²) in [5.41, 5.74) is -0.672. The molecule has 6 nitrogen and oxygen atoms in total. The van der Waals surface area contributed by atoms with E-state index in [2.05, 4.69) is 0 Å². The summed E-state index contributed by atoms with van der Waals surface area (Å²) in [6.45, 7) is 6.08. The molecular weight excluding hydrogens is 395 g/mol. The minimum Gasteiger partial charge on any atom is -0.444 e. The molecule has 0 N–H and O–H groups in total. The van der Waals surface area contributed by atoms with Gasteiger partial charge in [0.25, 0.3) is 0 Å². The molecule has 1 aliphatic heterocycles. The van der Waals surface area contributed by atoms with E-state index >= 15 is 0 Å². The lowest BCUT2D eigenvalue weighted by Gasteiger charge is -2.37. The highest BCUT2D eigenvalue weighted by Gasteiger charge is 2.34. The van der Waals surface area contributed by atoms with E-state index in [-0.39, 0.29) is 17.1 Å². The lowest BCUT2D eigenvalue weighted by molar-refractivity contribution is 0.0163. The Morgan fingerprint density at radius 2 is 2.07 bits per heavy atom. The van der Waals surface area contributed by atoms with Gasteiger partial charge in [0.1, 0.15) is 11.4 Å². The van der Waals surface area contributed by atoms with E-state index in [0.717, 1.165) is 0 Å². The third kappa shape index (κ3) is 5.80. The third-order valence-electron chi connectivity index (χ3n) is 4.39. The van der Waals surface area contributed by atoms with Gasteiger partial charge < -0.3 is 9.64 Å². The molecule has 0 aliphatic carbocycles. The van der Waals surface area contributed by atoms with Crippen LogP contribution in [0.4, 0.5) is 9.18 Å². The number of rotatable bonds is 4. The smallest absolute Gasteiger partial charge is 0.410 e. The molecule has 1 amide bonds. The van der Waals surface area contributed by atoms with Gasteiger partial charge in [-0.05, 0) is 45.7 Å². The predicted molar refractivity (Wildman–Crippen MR) is 103 cm³/mol. The molecule has 1 atom stereocenters. The van der Waals surface area contributed by atoms with Crippen LogP contribution in [0.25, 0.3) is 0 Å². The number of piperidine rings is 1. The minimum absolute atomic E-state index is 0.0502. The molecule has 1 aromatic rings. The second-order valence-electron chi connectivity index (χ2n) is 7.70. The highest BCUT2D eigenvalue weighted by Crippen LogP contribution is 2.25. The number of carbonyl (C=O) groups excluding carboxylic acids is 1. The van der Waals surface area contributed by atoms with Crippen molar-refractivity contribution in [2.75, 3.05) is 20.1 Å². The molecule has 152 valence electrons. The van der Waals surface area contributed by atoms with Crippen LogP contribution in [-0.2, 0) is 20.5 Å². The van der Waals surface area contributed by atoms with Crippen LogP contribution < -0.4 is 0 Å². The lowest BCUT2D eigenvalue weighted by atomic mass is 10.1. The number of hydrogen-bond donors (Lipinski definition) is 0. The molecule has 9 heteroatoms.